The third-order valence-electron chi connectivity index (χ3n) is 5.13. The number of rotatable bonds is 7. The fourth-order valence-electron chi connectivity index (χ4n) is 3.37. The maximum absolute atomic E-state index is 13.0. The molecule has 1 aromatic heterocycles. The molecule has 1 N–H and O–H groups in total. The summed E-state index contributed by atoms with van der Waals surface area (Å²) in [5, 5.41) is 8.12. The molecule has 0 saturated carbocycles. The smallest absolute Gasteiger partial charge is 0.282 e. The lowest BCUT2D eigenvalue weighted by Crippen LogP contribution is -2.21. The highest BCUT2D eigenvalue weighted by molar-refractivity contribution is 9.13. The molecule has 8 nitrogen and oxygen atoms in total. The monoisotopic (exact) mass is 710 g/mol. The number of aryl methyl sites for hydroxylation is 1. The van der Waals surface area contributed by atoms with Gasteiger partial charge in [0.2, 0.25) is 0 Å². The van der Waals surface area contributed by atoms with Crippen molar-refractivity contribution in [2.24, 2.45) is 5.10 Å². The summed E-state index contributed by atoms with van der Waals surface area (Å²) in [7, 11) is 1.48. The Kier molecular flexibility index (Phi) is 8.68. The van der Waals surface area contributed by atoms with Gasteiger partial charge in [0.05, 0.1) is 28.7 Å². The van der Waals surface area contributed by atoms with E-state index in [1.165, 1.54) is 18.0 Å². The van der Waals surface area contributed by atoms with Crippen LogP contribution in [0.1, 0.15) is 11.4 Å². The van der Waals surface area contributed by atoms with Crippen LogP contribution in [0.3, 0.4) is 0 Å². The van der Waals surface area contributed by atoms with E-state index in [-0.39, 0.29) is 18.1 Å². The summed E-state index contributed by atoms with van der Waals surface area (Å²) in [4.78, 5) is 29.9. The zero-order chi connectivity index (χ0) is 26.7. The molecule has 0 fully saturated rings. The third-order valence-corrected chi connectivity index (χ3v) is 8.02. The average Bonchev–Trinajstić information content (AvgIpc) is 2.87. The summed E-state index contributed by atoms with van der Waals surface area (Å²) in [6.07, 6.45) is 1.51. The quantitative estimate of drug-likeness (QED) is 0.219. The Morgan fingerprint density at radius 2 is 1.86 bits per heavy atom. The second-order valence-corrected chi connectivity index (χ2v) is 10.6. The first-order valence-electron chi connectivity index (χ1n) is 10.7. The second kappa shape index (κ2) is 11.8. The van der Waals surface area contributed by atoms with Crippen molar-refractivity contribution in [3.05, 3.63) is 88.7 Å². The van der Waals surface area contributed by atoms with Gasteiger partial charge in [0, 0.05) is 25.2 Å². The van der Waals surface area contributed by atoms with E-state index in [0.29, 0.717) is 53.4 Å². The van der Waals surface area contributed by atoms with Crippen LogP contribution in [-0.4, -0.2) is 35.5 Å². The number of ether oxygens (including phenoxy) is 2. The molecule has 3 aromatic carbocycles. The first kappa shape index (κ1) is 27.3. The predicted molar refractivity (Wildman–Crippen MR) is 155 cm³/mol. The first-order valence-corrected chi connectivity index (χ1v) is 13.4. The number of benzene rings is 3. The van der Waals surface area contributed by atoms with Crippen LogP contribution in [0.25, 0.3) is 10.9 Å². The molecule has 190 valence electrons. The van der Waals surface area contributed by atoms with Crippen molar-refractivity contribution in [2.75, 3.05) is 19.0 Å². The van der Waals surface area contributed by atoms with Gasteiger partial charge >= 0.3 is 0 Å². The Labute approximate surface area is 242 Å². The van der Waals surface area contributed by atoms with Gasteiger partial charge in [-0.05, 0) is 87.3 Å². The first-order chi connectivity index (χ1) is 17.7. The molecule has 4 aromatic rings. The van der Waals surface area contributed by atoms with E-state index in [0.717, 1.165) is 4.47 Å². The van der Waals surface area contributed by atoms with Crippen molar-refractivity contribution >= 4 is 88.1 Å². The number of halogens is 4. The minimum atomic E-state index is -0.358. The maximum Gasteiger partial charge on any atom is 0.282 e. The summed E-state index contributed by atoms with van der Waals surface area (Å²) >= 11 is 16.3. The van der Waals surface area contributed by atoms with Crippen molar-refractivity contribution < 1.29 is 14.3 Å². The van der Waals surface area contributed by atoms with Crippen molar-refractivity contribution in [3.63, 3.8) is 0 Å². The molecule has 0 atom stereocenters. The molecular formula is C25H18Br3ClN4O4. The number of nitrogens with one attached hydrogen (secondary N) is 1. The second-order valence-electron chi connectivity index (χ2n) is 7.65. The molecule has 1 amide bonds. The molecule has 0 unspecified atom stereocenters. The Morgan fingerprint density at radius 1 is 1.14 bits per heavy atom. The number of carbonyl (C=O) groups is 1. The van der Waals surface area contributed by atoms with E-state index in [9.17, 15) is 9.59 Å². The molecular weight excluding hydrogens is 695 g/mol. The summed E-state index contributed by atoms with van der Waals surface area (Å²) in [5.41, 5.74) is 1.48. The topological polar surface area (TPSA) is 94.8 Å². The van der Waals surface area contributed by atoms with Crippen LogP contribution < -0.4 is 20.3 Å². The van der Waals surface area contributed by atoms with E-state index in [1.807, 2.05) is 6.07 Å². The van der Waals surface area contributed by atoms with E-state index >= 15 is 0 Å². The predicted octanol–water partition coefficient (Wildman–Crippen LogP) is 6.55. The van der Waals surface area contributed by atoms with Gasteiger partial charge in [-0.15, -0.1) is 0 Å². The Hall–Kier alpha value is -2.73. The van der Waals surface area contributed by atoms with E-state index in [1.54, 1.807) is 49.4 Å². The summed E-state index contributed by atoms with van der Waals surface area (Å²) in [6.45, 7) is 1.45. The fourth-order valence-corrected chi connectivity index (χ4v) is 4.79. The number of aromatic nitrogens is 2. The Morgan fingerprint density at radius 3 is 2.57 bits per heavy atom. The number of carbonyl (C=O) groups excluding carboxylic acids is 1. The van der Waals surface area contributed by atoms with Crippen LogP contribution in [-0.2, 0) is 4.79 Å². The number of amides is 1. The normalized spacial score (nSPS) is 11.2. The fraction of sp³-hybridized carbons (Fsp3) is 0.120. The number of hydrogen-bond donors (Lipinski definition) is 1. The molecule has 0 saturated heterocycles. The summed E-state index contributed by atoms with van der Waals surface area (Å²) < 4.78 is 14.3. The number of methoxy groups -OCH3 is 1. The number of hydrogen-bond acceptors (Lipinski definition) is 6. The summed E-state index contributed by atoms with van der Waals surface area (Å²) in [6, 6.07) is 13.7. The molecule has 0 spiro atoms. The van der Waals surface area contributed by atoms with Crippen molar-refractivity contribution in [2.45, 2.75) is 6.92 Å². The third kappa shape index (κ3) is 6.23. The van der Waals surface area contributed by atoms with Gasteiger partial charge in [-0.25, -0.2) is 4.98 Å². The van der Waals surface area contributed by atoms with Gasteiger partial charge in [-0.3, -0.25) is 9.59 Å². The maximum atomic E-state index is 13.0. The van der Waals surface area contributed by atoms with E-state index in [4.69, 9.17) is 21.1 Å². The standard InChI is InChI=1S/C25H18Br3ClN4O4/c1-13-31-19-8-3-15(26)10-18(19)25(35)33(13)30-11-14-9-20(36-2)24(23(28)22(14)27)37-12-21(34)32-17-6-4-16(29)5-7-17/h3-11H,12H2,1-2H3,(H,32,34). The van der Waals surface area contributed by atoms with Gasteiger partial charge in [0.15, 0.2) is 18.1 Å². The minimum Gasteiger partial charge on any atom is -0.493 e. The zero-order valence-electron chi connectivity index (χ0n) is 19.4. The molecule has 0 aliphatic heterocycles. The highest BCUT2D eigenvalue weighted by Crippen LogP contribution is 2.42. The molecule has 0 aliphatic carbocycles. The van der Waals surface area contributed by atoms with Gasteiger partial charge in [-0.1, -0.05) is 27.5 Å². The van der Waals surface area contributed by atoms with Crippen molar-refractivity contribution in [3.8, 4) is 11.5 Å². The van der Waals surface area contributed by atoms with E-state index < -0.39 is 0 Å². The molecule has 0 aliphatic rings. The van der Waals surface area contributed by atoms with Crippen LogP contribution in [0.2, 0.25) is 5.02 Å². The lowest BCUT2D eigenvalue weighted by atomic mass is 10.2. The SMILES string of the molecule is COc1cc(C=Nn2c(C)nc3ccc(Br)cc3c2=O)c(Br)c(Br)c1OCC(=O)Nc1ccc(Cl)cc1. The number of nitrogens with zero attached hydrogens (tertiary/aromatic N) is 3. The van der Waals surface area contributed by atoms with Crippen molar-refractivity contribution in [1.29, 1.82) is 0 Å². The van der Waals surface area contributed by atoms with Gasteiger partial charge in [0.25, 0.3) is 11.5 Å². The average molecular weight is 714 g/mol. The number of fused-ring (bicyclic) bond motifs is 1. The largest absolute Gasteiger partial charge is 0.493 e. The molecule has 0 bridgehead atoms. The van der Waals surface area contributed by atoms with Crippen LogP contribution >= 0.6 is 59.4 Å². The summed E-state index contributed by atoms with van der Waals surface area (Å²) in [5.74, 6) is 0.761. The lowest BCUT2D eigenvalue weighted by molar-refractivity contribution is -0.118. The van der Waals surface area contributed by atoms with Crippen molar-refractivity contribution in [1.82, 2.24) is 9.66 Å². The lowest BCUT2D eigenvalue weighted by Gasteiger charge is -2.15. The molecule has 4 rings (SSSR count). The highest BCUT2D eigenvalue weighted by atomic mass is 79.9. The Balaban J connectivity index is 1.59. The van der Waals surface area contributed by atoms with E-state index in [2.05, 4.69) is 63.2 Å². The van der Waals surface area contributed by atoms with Gasteiger partial charge in [-0.2, -0.15) is 9.78 Å². The van der Waals surface area contributed by atoms with Gasteiger partial charge in [0.1, 0.15) is 5.82 Å². The van der Waals surface area contributed by atoms with Crippen LogP contribution in [0.15, 0.2) is 71.8 Å². The number of anilines is 1. The molecule has 1 heterocycles. The van der Waals surface area contributed by atoms with Crippen LogP contribution in [0.4, 0.5) is 5.69 Å². The Bertz CT molecular complexity index is 1590. The zero-order valence-corrected chi connectivity index (χ0v) is 24.9. The van der Waals surface area contributed by atoms with Gasteiger partial charge < -0.3 is 14.8 Å². The molecule has 0 radical (unpaired) electrons. The highest BCUT2D eigenvalue weighted by Gasteiger charge is 2.18. The minimum absolute atomic E-state index is 0.260. The van der Waals surface area contributed by atoms with Crippen LogP contribution in [0, 0.1) is 6.92 Å². The van der Waals surface area contributed by atoms with Crippen LogP contribution in [0.5, 0.6) is 11.5 Å². The molecule has 37 heavy (non-hydrogen) atoms. The molecule has 12 heteroatoms.